The molecule has 0 saturated carbocycles. The Morgan fingerprint density at radius 1 is 0.315 bits per heavy atom. The van der Waals surface area contributed by atoms with Crippen LogP contribution in [-0.4, -0.2) is 0 Å². The first-order valence-electron chi connectivity index (χ1n) is 25.2. The van der Waals surface area contributed by atoms with Gasteiger partial charge in [0, 0.05) is 22.2 Å². The molecule has 14 aromatic rings. The number of fused-ring (bicyclic) bond motifs is 13. The van der Waals surface area contributed by atoms with Gasteiger partial charge in [-0.2, -0.15) is 0 Å². The maximum absolute atomic E-state index is 7.33. The number of hydrogen-bond acceptors (Lipinski definition) is 2. The lowest BCUT2D eigenvalue weighted by Gasteiger charge is -2.35. The number of nitrogens with zero attached hydrogens (tertiary/aromatic N) is 1. The van der Waals surface area contributed by atoms with Gasteiger partial charge in [0.15, 0.2) is 0 Å². The normalized spacial score (nSPS) is 12.8. The Morgan fingerprint density at radius 2 is 0.863 bits per heavy atom. The highest BCUT2D eigenvalue weighted by molar-refractivity contribution is 6.27. The van der Waals surface area contributed by atoms with E-state index in [0.29, 0.717) is 0 Å². The van der Waals surface area contributed by atoms with E-state index in [-0.39, 0.29) is 0 Å². The van der Waals surface area contributed by atoms with Gasteiger partial charge in [0.1, 0.15) is 11.2 Å². The van der Waals surface area contributed by atoms with Crippen LogP contribution in [0.1, 0.15) is 22.3 Å². The summed E-state index contributed by atoms with van der Waals surface area (Å²) >= 11 is 0. The van der Waals surface area contributed by atoms with Crippen molar-refractivity contribution in [2.24, 2.45) is 0 Å². The highest BCUT2D eigenvalue weighted by Crippen LogP contribution is 2.58. The summed E-state index contributed by atoms with van der Waals surface area (Å²) in [5.41, 5.74) is 16.3. The summed E-state index contributed by atoms with van der Waals surface area (Å²) in [6.07, 6.45) is 0. The van der Waals surface area contributed by atoms with Gasteiger partial charge < -0.3 is 9.32 Å². The summed E-state index contributed by atoms with van der Waals surface area (Å²) in [6, 6.07) is 100. The molecule has 0 bridgehead atoms. The zero-order valence-corrected chi connectivity index (χ0v) is 39.8. The third-order valence-electron chi connectivity index (χ3n) is 15.7. The van der Waals surface area contributed by atoms with Gasteiger partial charge in [0.2, 0.25) is 0 Å². The average Bonchev–Trinajstić information content (AvgIpc) is 4.03. The molecular formula is C71H45NO. The molecule has 0 fully saturated rings. The first-order valence-corrected chi connectivity index (χ1v) is 25.2. The molecule has 0 unspecified atom stereocenters. The minimum Gasteiger partial charge on any atom is -0.455 e. The monoisotopic (exact) mass is 927 g/mol. The predicted octanol–water partition coefficient (Wildman–Crippen LogP) is 19.4. The highest BCUT2D eigenvalue weighted by atomic mass is 16.3. The van der Waals surface area contributed by atoms with E-state index < -0.39 is 5.41 Å². The third kappa shape index (κ3) is 6.11. The Balaban J connectivity index is 1.03. The van der Waals surface area contributed by atoms with Crippen LogP contribution in [0.15, 0.2) is 277 Å². The van der Waals surface area contributed by atoms with Gasteiger partial charge in [-0.05, 0) is 130 Å². The van der Waals surface area contributed by atoms with Crippen molar-refractivity contribution in [3.63, 3.8) is 0 Å². The molecule has 1 aliphatic rings. The molecule has 0 N–H and O–H groups in total. The Morgan fingerprint density at radius 3 is 1.58 bits per heavy atom. The molecule has 1 heterocycles. The van der Waals surface area contributed by atoms with Gasteiger partial charge in [-0.1, -0.05) is 231 Å². The van der Waals surface area contributed by atoms with Crippen LogP contribution >= 0.6 is 0 Å². The third-order valence-corrected chi connectivity index (χ3v) is 15.7. The van der Waals surface area contributed by atoms with Crippen LogP contribution in [0.4, 0.5) is 17.1 Å². The van der Waals surface area contributed by atoms with Crippen molar-refractivity contribution in [3.8, 4) is 33.4 Å². The van der Waals surface area contributed by atoms with Gasteiger partial charge in [-0.15, -0.1) is 0 Å². The van der Waals surface area contributed by atoms with E-state index in [2.05, 4.69) is 278 Å². The second kappa shape index (κ2) is 16.3. The number of benzene rings is 13. The molecule has 0 radical (unpaired) electrons. The van der Waals surface area contributed by atoms with Crippen molar-refractivity contribution >= 4 is 82.1 Å². The van der Waals surface area contributed by atoms with Crippen LogP contribution in [0.25, 0.3) is 98.4 Å². The predicted molar refractivity (Wildman–Crippen MR) is 307 cm³/mol. The first-order chi connectivity index (χ1) is 36.2. The Labute approximate surface area is 423 Å². The standard InChI is InChI=1S/C71H45NO/c1-4-21-46(22-5-1)52-28-17-19-36-65(52)72(51-40-42-60-59-34-16-18-35-63(59)71(64(60)45-51,49-24-6-2-7-25-49)50-26-8-3-9-27-50)66-37-20-38-67-69(66)62-43-47-23-10-11-29-53(47)68(70(62)73-67)48-39-41-58-56-32-13-12-30-54(56)55-31-14-15-33-57(55)61(58)44-48/h1-45H. The molecular weight excluding hydrogens is 883 g/mol. The van der Waals surface area contributed by atoms with Crippen molar-refractivity contribution in [1.29, 1.82) is 0 Å². The van der Waals surface area contributed by atoms with Crippen molar-refractivity contribution in [2.45, 2.75) is 5.41 Å². The molecule has 73 heavy (non-hydrogen) atoms. The highest BCUT2D eigenvalue weighted by Gasteiger charge is 2.46. The van der Waals surface area contributed by atoms with E-state index in [9.17, 15) is 0 Å². The maximum Gasteiger partial charge on any atom is 0.143 e. The van der Waals surface area contributed by atoms with Crippen LogP contribution in [-0.2, 0) is 5.41 Å². The molecule has 15 rings (SSSR count). The summed E-state index contributed by atoms with van der Waals surface area (Å²) in [6.45, 7) is 0. The summed E-state index contributed by atoms with van der Waals surface area (Å²) in [5.74, 6) is 0. The van der Waals surface area contributed by atoms with Crippen molar-refractivity contribution in [3.05, 3.63) is 295 Å². The lowest BCUT2D eigenvalue weighted by Crippen LogP contribution is -2.28. The SMILES string of the molecule is c1ccc(-c2ccccc2N(c2ccc3c(c2)C(c2ccccc2)(c2ccccc2)c2ccccc2-3)c2cccc3oc4c(-c5ccc6c7ccccc7c7ccccc7c6c5)c5ccccc5cc4c23)cc1. The minimum absolute atomic E-state index is 0.575. The van der Waals surface area contributed by atoms with Crippen LogP contribution in [0, 0.1) is 0 Å². The van der Waals surface area contributed by atoms with Gasteiger partial charge in [0.25, 0.3) is 0 Å². The topological polar surface area (TPSA) is 16.4 Å². The molecule has 0 spiro atoms. The molecule has 2 nitrogen and oxygen atoms in total. The zero-order chi connectivity index (χ0) is 48.0. The number of para-hydroxylation sites is 1. The van der Waals surface area contributed by atoms with Crippen molar-refractivity contribution in [1.82, 2.24) is 0 Å². The summed E-state index contributed by atoms with van der Waals surface area (Å²) in [5, 5.41) is 12.0. The van der Waals surface area contributed by atoms with E-state index in [1.165, 1.54) is 65.7 Å². The largest absolute Gasteiger partial charge is 0.455 e. The fraction of sp³-hybridized carbons (Fsp3) is 0.0141. The fourth-order valence-electron chi connectivity index (χ4n) is 12.7. The number of furan rings is 1. The second-order valence-corrected chi connectivity index (χ2v) is 19.4. The molecule has 0 saturated heterocycles. The van der Waals surface area contributed by atoms with E-state index >= 15 is 0 Å². The number of anilines is 3. The lowest BCUT2D eigenvalue weighted by atomic mass is 9.67. The van der Waals surface area contributed by atoms with Crippen LogP contribution in [0.5, 0.6) is 0 Å². The average molecular weight is 928 g/mol. The quantitative estimate of drug-likeness (QED) is 0.148. The summed E-state index contributed by atoms with van der Waals surface area (Å²) in [7, 11) is 0. The maximum atomic E-state index is 7.33. The molecule has 0 amide bonds. The lowest BCUT2D eigenvalue weighted by molar-refractivity contribution is 0.670. The zero-order valence-electron chi connectivity index (χ0n) is 39.8. The molecule has 1 aromatic heterocycles. The van der Waals surface area contributed by atoms with Crippen molar-refractivity contribution < 1.29 is 4.42 Å². The fourth-order valence-corrected chi connectivity index (χ4v) is 12.7. The Hall–Kier alpha value is -9.50. The van der Waals surface area contributed by atoms with E-state index in [4.69, 9.17) is 4.42 Å². The second-order valence-electron chi connectivity index (χ2n) is 19.4. The van der Waals surface area contributed by atoms with Crippen molar-refractivity contribution in [2.75, 3.05) is 4.90 Å². The molecule has 2 heteroatoms. The van der Waals surface area contributed by atoms with Crippen LogP contribution < -0.4 is 4.90 Å². The van der Waals surface area contributed by atoms with Gasteiger partial charge in [0.05, 0.1) is 22.2 Å². The molecule has 340 valence electrons. The summed E-state index contributed by atoms with van der Waals surface area (Å²) < 4.78 is 7.33. The van der Waals surface area contributed by atoms with E-state index in [1.807, 2.05) is 0 Å². The summed E-state index contributed by atoms with van der Waals surface area (Å²) in [4.78, 5) is 2.49. The number of rotatable bonds is 7. The van der Waals surface area contributed by atoms with Gasteiger partial charge in [-0.25, -0.2) is 0 Å². The van der Waals surface area contributed by atoms with Crippen LogP contribution in [0.3, 0.4) is 0 Å². The van der Waals surface area contributed by atoms with E-state index in [1.54, 1.807) is 0 Å². The Kier molecular flexibility index (Phi) is 9.21. The molecule has 0 aliphatic heterocycles. The smallest absolute Gasteiger partial charge is 0.143 e. The van der Waals surface area contributed by atoms with E-state index in [0.717, 1.165) is 72.0 Å². The Bertz CT molecular complexity index is 4420. The first kappa shape index (κ1) is 41.3. The molecule has 1 aliphatic carbocycles. The number of hydrogen-bond donors (Lipinski definition) is 0. The minimum atomic E-state index is -0.575. The van der Waals surface area contributed by atoms with Gasteiger partial charge >= 0.3 is 0 Å². The van der Waals surface area contributed by atoms with Crippen LogP contribution in [0.2, 0.25) is 0 Å². The molecule has 13 aromatic carbocycles. The molecule has 0 atom stereocenters. The van der Waals surface area contributed by atoms with Gasteiger partial charge in [-0.3, -0.25) is 0 Å².